The molecular formula is C13H13N7O6S. The Bertz CT molecular complexity index is 884. The van der Waals surface area contributed by atoms with E-state index in [0.29, 0.717) is 12.0 Å². The van der Waals surface area contributed by atoms with E-state index in [1.54, 1.807) is 0 Å². The van der Waals surface area contributed by atoms with Crippen molar-refractivity contribution in [2.45, 2.75) is 29.9 Å². The lowest BCUT2D eigenvalue weighted by Gasteiger charge is -2.51. The summed E-state index contributed by atoms with van der Waals surface area (Å²) in [5.74, 6) is -2.21. The third-order valence-corrected chi connectivity index (χ3v) is 5.58. The number of β-lactam (4-membered cyclic amide) rings is 1. The Balaban J connectivity index is 1.60. The SMILES string of the molecule is NC(=O)Cn1nnnc1SCC1=C(C(=O)O)N2C(=O)[C@@H]3[C@H]2C1OCN3C=O. The first-order chi connectivity index (χ1) is 12.9. The molecule has 1 unspecified atom stereocenters. The molecule has 3 aliphatic heterocycles. The molecule has 4 heterocycles. The van der Waals surface area contributed by atoms with Crippen LogP contribution in [-0.2, 0) is 30.5 Å². The normalized spacial score (nSPS) is 26.1. The first kappa shape index (κ1) is 17.4. The first-order valence-electron chi connectivity index (χ1n) is 7.73. The number of ether oxygens (including phenoxy) is 1. The number of nitrogens with zero attached hydrogens (tertiary/aromatic N) is 6. The largest absolute Gasteiger partial charge is 0.477 e. The van der Waals surface area contributed by atoms with Gasteiger partial charge in [-0.25, -0.2) is 9.48 Å². The quantitative estimate of drug-likeness (QED) is 0.275. The highest BCUT2D eigenvalue weighted by atomic mass is 32.2. The minimum Gasteiger partial charge on any atom is -0.477 e. The number of carbonyl (C=O) groups excluding carboxylic acids is 3. The van der Waals surface area contributed by atoms with E-state index in [2.05, 4.69) is 15.5 Å². The predicted molar refractivity (Wildman–Crippen MR) is 84.5 cm³/mol. The molecule has 3 atom stereocenters. The Labute approximate surface area is 155 Å². The van der Waals surface area contributed by atoms with Crippen molar-refractivity contribution in [3.63, 3.8) is 0 Å². The Kier molecular flexibility index (Phi) is 4.07. The summed E-state index contributed by atoms with van der Waals surface area (Å²) in [5.41, 5.74) is 5.38. The maximum absolute atomic E-state index is 12.4. The molecule has 13 nitrogen and oxygen atoms in total. The van der Waals surface area contributed by atoms with Gasteiger partial charge in [0.15, 0.2) is 0 Å². The van der Waals surface area contributed by atoms with Gasteiger partial charge in [-0.2, -0.15) is 0 Å². The summed E-state index contributed by atoms with van der Waals surface area (Å²) in [4.78, 5) is 48.7. The van der Waals surface area contributed by atoms with Crippen molar-refractivity contribution < 1.29 is 29.0 Å². The predicted octanol–water partition coefficient (Wildman–Crippen LogP) is -3.00. The molecule has 14 heteroatoms. The van der Waals surface area contributed by atoms with Gasteiger partial charge in [0, 0.05) is 11.3 Å². The average molecular weight is 395 g/mol. The smallest absolute Gasteiger partial charge is 0.352 e. The van der Waals surface area contributed by atoms with Gasteiger partial charge in [0.1, 0.15) is 31.1 Å². The van der Waals surface area contributed by atoms with E-state index in [1.165, 1.54) is 9.58 Å². The zero-order chi connectivity index (χ0) is 19.3. The number of carboxylic acids is 1. The maximum Gasteiger partial charge on any atom is 0.352 e. The molecule has 3 amide bonds. The van der Waals surface area contributed by atoms with Crippen LogP contribution < -0.4 is 5.73 Å². The second-order valence-electron chi connectivity index (χ2n) is 6.03. The van der Waals surface area contributed by atoms with E-state index in [4.69, 9.17) is 10.5 Å². The second-order valence-corrected chi connectivity index (χ2v) is 6.98. The zero-order valence-corrected chi connectivity index (χ0v) is 14.4. The van der Waals surface area contributed by atoms with Crippen molar-refractivity contribution in [1.82, 2.24) is 30.0 Å². The van der Waals surface area contributed by atoms with Crippen LogP contribution in [0.1, 0.15) is 0 Å². The lowest BCUT2D eigenvalue weighted by Crippen LogP contribution is -2.74. The van der Waals surface area contributed by atoms with Crippen molar-refractivity contribution in [2.75, 3.05) is 12.5 Å². The summed E-state index contributed by atoms with van der Waals surface area (Å²) in [6.07, 6.45) is -0.121. The van der Waals surface area contributed by atoms with Crippen molar-refractivity contribution in [3.05, 3.63) is 11.3 Å². The van der Waals surface area contributed by atoms with Gasteiger partial charge < -0.3 is 20.5 Å². The van der Waals surface area contributed by atoms with Crippen molar-refractivity contribution in [3.8, 4) is 0 Å². The molecule has 0 spiro atoms. The fourth-order valence-corrected chi connectivity index (χ4v) is 4.44. The Hall–Kier alpha value is -3.00. The number of hydrogen-bond acceptors (Lipinski definition) is 9. The summed E-state index contributed by atoms with van der Waals surface area (Å²) >= 11 is 1.09. The van der Waals surface area contributed by atoms with Gasteiger partial charge in [-0.1, -0.05) is 11.8 Å². The molecule has 2 fully saturated rings. The number of aromatic nitrogens is 4. The number of tetrazole rings is 1. The number of nitrogens with two attached hydrogens (primary N) is 1. The average Bonchev–Trinajstić information content (AvgIpc) is 3.18. The van der Waals surface area contributed by atoms with E-state index >= 15 is 0 Å². The van der Waals surface area contributed by atoms with Crippen LogP contribution in [0, 0.1) is 0 Å². The third-order valence-electron chi connectivity index (χ3n) is 4.57. The van der Waals surface area contributed by atoms with Gasteiger partial charge in [0.05, 0.1) is 6.04 Å². The zero-order valence-electron chi connectivity index (χ0n) is 13.6. The molecule has 0 bridgehead atoms. The van der Waals surface area contributed by atoms with Gasteiger partial charge in [-0.3, -0.25) is 19.3 Å². The lowest BCUT2D eigenvalue weighted by atomic mass is 9.90. The fraction of sp³-hybridized carbons (Fsp3) is 0.462. The number of amides is 3. The highest BCUT2D eigenvalue weighted by Gasteiger charge is 2.64. The molecule has 3 aliphatic rings. The molecule has 1 aromatic rings. The molecule has 142 valence electrons. The van der Waals surface area contributed by atoms with E-state index in [9.17, 15) is 24.3 Å². The molecule has 0 aliphatic carbocycles. The molecule has 0 saturated carbocycles. The van der Waals surface area contributed by atoms with Crippen LogP contribution in [0.4, 0.5) is 0 Å². The molecule has 2 saturated heterocycles. The number of aliphatic carboxylic acids is 1. The minimum atomic E-state index is -1.26. The van der Waals surface area contributed by atoms with Crippen LogP contribution in [0.3, 0.4) is 0 Å². The van der Waals surface area contributed by atoms with Gasteiger partial charge in [0.25, 0.3) is 5.91 Å². The van der Waals surface area contributed by atoms with E-state index in [1.807, 2.05) is 0 Å². The van der Waals surface area contributed by atoms with Gasteiger partial charge in [0.2, 0.25) is 17.5 Å². The van der Waals surface area contributed by atoms with Gasteiger partial charge in [-0.05, 0) is 10.4 Å². The maximum atomic E-state index is 12.4. The summed E-state index contributed by atoms with van der Waals surface area (Å²) < 4.78 is 6.84. The number of carbonyl (C=O) groups is 4. The second kappa shape index (κ2) is 6.31. The summed E-state index contributed by atoms with van der Waals surface area (Å²) in [5, 5.41) is 20.8. The van der Waals surface area contributed by atoms with E-state index < -0.39 is 36.0 Å². The molecule has 1 aromatic heterocycles. The monoisotopic (exact) mass is 395 g/mol. The number of rotatable bonds is 7. The van der Waals surface area contributed by atoms with Crippen molar-refractivity contribution in [2.24, 2.45) is 5.73 Å². The summed E-state index contributed by atoms with van der Waals surface area (Å²) in [6, 6.07) is -1.28. The van der Waals surface area contributed by atoms with Crippen LogP contribution in [0.25, 0.3) is 0 Å². The van der Waals surface area contributed by atoms with E-state index in [-0.39, 0.29) is 29.9 Å². The van der Waals surface area contributed by atoms with Crippen LogP contribution in [0.15, 0.2) is 16.4 Å². The standard InChI is InChI=1S/C13H13N7O6S/c14-6(22)1-19-13(15-16-17-19)27-2-5-7(12(24)25)20-8-9(11(20)23)18(3-21)4-26-10(5)8/h3,8-10H,1-2,4H2,(H2,14,22)(H,24,25)/t8-,9-,10?/m0/s1. The molecular weight excluding hydrogens is 382 g/mol. The summed E-state index contributed by atoms with van der Waals surface area (Å²) in [6.45, 7) is -0.320. The molecule has 0 aromatic carbocycles. The van der Waals surface area contributed by atoms with Gasteiger partial charge in [-0.15, -0.1) is 5.10 Å². The highest BCUT2D eigenvalue weighted by molar-refractivity contribution is 7.99. The van der Waals surface area contributed by atoms with Crippen LogP contribution in [0.5, 0.6) is 0 Å². The fourth-order valence-electron chi connectivity index (χ4n) is 3.51. The third kappa shape index (κ3) is 2.56. The number of primary amides is 1. The van der Waals surface area contributed by atoms with Crippen LogP contribution in [0.2, 0.25) is 0 Å². The van der Waals surface area contributed by atoms with Crippen LogP contribution >= 0.6 is 11.8 Å². The minimum absolute atomic E-state index is 0.102. The molecule has 3 N–H and O–H groups in total. The number of thioether (sulfide) groups is 1. The molecule has 27 heavy (non-hydrogen) atoms. The topological polar surface area (TPSA) is 174 Å². The van der Waals surface area contributed by atoms with E-state index in [0.717, 1.165) is 16.7 Å². The molecule has 4 rings (SSSR count). The van der Waals surface area contributed by atoms with Crippen LogP contribution in [-0.4, -0.2) is 90.0 Å². The lowest BCUT2D eigenvalue weighted by molar-refractivity contribution is -0.188. The number of hydrogen-bond donors (Lipinski definition) is 2. The highest BCUT2D eigenvalue weighted by Crippen LogP contribution is 2.45. The van der Waals surface area contributed by atoms with Crippen molar-refractivity contribution in [1.29, 1.82) is 0 Å². The van der Waals surface area contributed by atoms with Gasteiger partial charge >= 0.3 is 5.97 Å². The number of carboxylic acid groups (broad SMARTS) is 1. The Morgan fingerprint density at radius 3 is 2.89 bits per heavy atom. The van der Waals surface area contributed by atoms with Crippen molar-refractivity contribution >= 4 is 36.0 Å². The Morgan fingerprint density at radius 1 is 1.44 bits per heavy atom. The first-order valence-corrected chi connectivity index (χ1v) is 8.72. The molecule has 0 radical (unpaired) electrons. The summed E-state index contributed by atoms with van der Waals surface area (Å²) in [7, 11) is 0. The Morgan fingerprint density at radius 2 is 2.22 bits per heavy atom.